The number of hydrogen-bond acceptors (Lipinski definition) is 4. The van der Waals surface area contributed by atoms with Gasteiger partial charge in [-0.2, -0.15) is 0 Å². The smallest absolute Gasteiger partial charge is 0.340 e. The molecule has 118 valence electrons. The van der Waals surface area contributed by atoms with Crippen molar-refractivity contribution in [1.29, 1.82) is 0 Å². The fourth-order valence-corrected chi connectivity index (χ4v) is 2.62. The maximum absolute atomic E-state index is 12.3. The van der Waals surface area contributed by atoms with Crippen molar-refractivity contribution in [2.24, 2.45) is 0 Å². The number of benzene rings is 1. The van der Waals surface area contributed by atoms with Gasteiger partial charge in [-0.05, 0) is 29.8 Å². The van der Waals surface area contributed by atoms with E-state index in [9.17, 15) is 4.79 Å². The summed E-state index contributed by atoms with van der Waals surface area (Å²) < 4.78 is 17.5. The molecule has 0 N–H and O–H groups in total. The fraction of sp³-hybridized carbons (Fsp3) is 0.167. The Morgan fingerprint density at radius 3 is 2.30 bits per heavy atom. The number of pyridine rings is 1. The van der Waals surface area contributed by atoms with Gasteiger partial charge >= 0.3 is 5.97 Å². The number of methoxy groups -OCH3 is 3. The van der Waals surface area contributed by atoms with Gasteiger partial charge in [-0.25, -0.2) is 4.79 Å². The van der Waals surface area contributed by atoms with Crippen molar-refractivity contribution >= 4 is 11.5 Å². The Hall–Kier alpha value is -2.95. The van der Waals surface area contributed by atoms with Gasteiger partial charge in [0.05, 0.1) is 32.4 Å². The van der Waals surface area contributed by atoms with Gasteiger partial charge in [-0.1, -0.05) is 6.07 Å². The van der Waals surface area contributed by atoms with Crippen LogP contribution in [0.25, 0.3) is 16.6 Å². The van der Waals surface area contributed by atoms with Crippen molar-refractivity contribution in [3.05, 3.63) is 54.4 Å². The number of nitrogens with zero attached hydrogens (tertiary/aromatic N) is 1. The van der Waals surface area contributed by atoms with Gasteiger partial charge in [-0.3, -0.25) is 0 Å². The predicted molar refractivity (Wildman–Crippen MR) is 87.3 cm³/mol. The summed E-state index contributed by atoms with van der Waals surface area (Å²) in [7, 11) is 4.57. The molecule has 0 bridgehead atoms. The van der Waals surface area contributed by atoms with Gasteiger partial charge in [0.15, 0.2) is 0 Å². The maximum atomic E-state index is 12.3. The molecule has 0 amide bonds. The number of carbonyl (C=O) groups is 1. The molecule has 0 atom stereocenters. The minimum atomic E-state index is -0.379. The highest BCUT2D eigenvalue weighted by atomic mass is 16.5. The predicted octanol–water partition coefficient (Wildman–Crippen LogP) is 3.41. The lowest BCUT2D eigenvalue weighted by Crippen LogP contribution is -2.02. The number of esters is 1. The third-order valence-corrected chi connectivity index (χ3v) is 3.74. The minimum Gasteiger partial charge on any atom is -0.497 e. The second-order valence-electron chi connectivity index (χ2n) is 5.00. The van der Waals surface area contributed by atoms with Crippen LogP contribution in [-0.4, -0.2) is 31.7 Å². The summed E-state index contributed by atoms with van der Waals surface area (Å²) in [5.74, 6) is 0.936. The molecule has 2 heterocycles. The number of carbonyl (C=O) groups excluding carboxylic acids is 1. The highest BCUT2D eigenvalue weighted by molar-refractivity contribution is 6.04. The maximum Gasteiger partial charge on any atom is 0.340 e. The van der Waals surface area contributed by atoms with E-state index in [-0.39, 0.29) is 5.97 Å². The number of ether oxygens (including phenoxy) is 3. The molecule has 1 aromatic carbocycles. The van der Waals surface area contributed by atoms with E-state index in [2.05, 4.69) is 0 Å². The van der Waals surface area contributed by atoms with Crippen molar-refractivity contribution in [2.75, 3.05) is 21.3 Å². The number of fused-ring (bicyclic) bond motifs is 1. The zero-order valence-electron chi connectivity index (χ0n) is 13.2. The lowest BCUT2D eigenvalue weighted by molar-refractivity contribution is 0.0604. The average Bonchev–Trinajstić information content (AvgIpc) is 3.00. The van der Waals surface area contributed by atoms with Crippen LogP contribution < -0.4 is 9.47 Å². The lowest BCUT2D eigenvalue weighted by atomic mass is 10.0. The average molecular weight is 311 g/mol. The molecule has 2 aromatic heterocycles. The molecule has 5 heteroatoms. The summed E-state index contributed by atoms with van der Waals surface area (Å²) in [6, 6.07) is 11.2. The number of aromatic nitrogens is 1. The van der Waals surface area contributed by atoms with Gasteiger partial charge in [0.2, 0.25) is 0 Å². The van der Waals surface area contributed by atoms with Crippen LogP contribution in [-0.2, 0) is 4.74 Å². The molecule has 0 unspecified atom stereocenters. The summed E-state index contributed by atoms with van der Waals surface area (Å²) in [6.07, 6.45) is 3.79. The normalized spacial score (nSPS) is 10.6. The van der Waals surface area contributed by atoms with Crippen LogP contribution in [0.2, 0.25) is 0 Å². The van der Waals surface area contributed by atoms with Crippen LogP contribution in [0.5, 0.6) is 11.5 Å². The highest BCUT2D eigenvalue weighted by Crippen LogP contribution is 2.34. The Bertz CT molecular complexity index is 844. The minimum absolute atomic E-state index is 0.379. The standard InChI is InChI=1S/C18H17NO4/c1-21-13-8-12(9-14(10-13)22-2)15-11-19-7-5-4-6-16(19)17(15)18(20)23-3/h4-11H,1-3H3. The van der Waals surface area contributed by atoms with Crippen LogP contribution in [0.15, 0.2) is 48.8 Å². The van der Waals surface area contributed by atoms with Crippen molar-refractivity contribution in [3.63, 3.8) is 0 Å². The monoisotopic (exact) mass is 311 g/mol. The molecule has 23 heavy (non-hydrogen) atoms. The van der Waals surface area contributed by atoms with Gasteiger partial charge in [-0.15, -0.1) is 0 Å². The summed E-state index contributed by atoms with van der Waals surface area (Å²) in [5.41, 5.74) is 2.89. The van der Waals surface area contributed by atoms with Crippen LogP contribution in [0, 0.1) is 0 Å². The van der Waals surface area contributed by atoms with Gasteiger partial charge in [0.25, 0.3) is 0 Å². The SMILES string of the molecule is COC(=O)c1c(-c2cc(OC)cc(OC)c2)cn2ccccc12. The first kappa shape index (κ1) is 15.0. The second-order valence-corrected chi connectivity index (χ2v) is 5.00. The van der Waals surface area contributed by atoms with Gasteiger partial charge in [0.1, 0.15) is 11.5 Å². The van der Waals surface area contributed by atoms with E-state index in [4.69, 9.17) is 14.2 Å². The van der Waals surface area contributed by atoms with E-state index >= 15 is 0 Å². The van der Waals surface area contributed by atoms with E-state index in [1.165, 1.54) is 7.11 Å². The Morgan fingerprint density at radius 1 is 1.00 bits per heavy atom. The van der Waals surface area contributed by atoms with Crippen LogP contribution in [0.1, 0.15) is 10.4 Å². The van der Waals surface area contributed by atoms with E-state index in [1.807, 2.05) is 47.1 Å². The molecule has 0 saturated carbocycles. The second kappa shape index (κ2) is 6.04. The quantitative estimate of drug-likeness (QED) is 0.693. The van der Waals surface area contributed by atoms with Crippen LogP contribution in [0.4, 0.5) is 0 Å². The van der Waals surface area contributed by atoms with Gasteiger partial charge in [0, 0.05) is 24.0 Å². The third-order valence-electron chi connectivity index (χ3n) is 3.74. The van der Waals surface area contributed by atoms with Crippen LogP contribution >= 0.6 is 0 Å². The van der Waals surface area contributed by atoms with E-state index < -0.39 is 0 Å². The van der Waals surface area contributed by atoms with Crippen molar-refractivity contribution < 1.29 is 19.0 Å². The van der Waals surface area contributed by atoms with E-state index in [0.29, 0.717) is 17.1 Å². The Morgan fingerprint density at radius 2 is 1.70 bits per heavy atom. The van der Waals surface area contributed by atoms with Crippen LogP contribution in [0.3, 0.4) is 0 Å². The zero-order valence-corrected chi connectivity index (χ0v) is 13.2. The molecule has 0 aliphatic heterocycles. The fourth-order valence-electron chi connectivity index (χ4n) is 2.62. The van der Waals surface area contributed by atoms with Crippen molar-refractivity contribution in [2.45, 2.75) is 0 Å². The zero-order chi connectivity index (χ0) is 16.4. The van der Waals surface area contributed by atoms with E-state index in [0.717, 1.165) is 16.6 Å². The molecule has 0 fully saturated rings. The van der Waals surface area contributed by atoms with E-state index in [1.54, 1.807) is 20.3 Å². The molecule has 0 aliphatic rings. The first-order valence-corrected chi connectivity index (χ1v) is 7.09. The lowest BCUT2D eigenvalue weighted by Gasteiger charge is -2.09. The molecule has 3 rings (SSSR count). The topological polar surface area (TPSA) is 49.2 Å². The van der Waals surface area contributed by atoms with Crippen molar-refractivity contribution in [1.82, 2.24) is 4.40 Å². The Balaban J connectivity index is 2.29. The molecule has 0 saturated heterocycles. The van der Waals surface area contributed by atoms with Crippen molar-refractivity contribution in [3.8, 4) is 22.6 Å². The molecule has 3 aromatic rings. The molecule has 0 radical (unpaired) electrons. The molecule has 0 spiro atoms. The first-order chi connectivity index (χ1) is 11.2. The summed E-state index contributed by atoms with van der Waals surface area (Å²) >= 11 is 0. The largest absolute Gasteiger partial charge is 0.497 e. The molecular formula is C18H17NO4. The molecular weight excluding hydrogens is 294 g/mol. The summed E-state index contributed by atoms with van der Waals surface area (Å²) in [5, 5.41) is 0. The summed E-state index contributed by atoms with van der Waals surface area (Å²) in [4.78, 5) is 12.3. The number of rotatable bonds is 4. The van der Waals surface area contributed by atoms with Gasteiger partial charge < -0.3 is 18.6 Å². The summed E-state index contributed by atoms with van der Waals surface area (Å²) in [6.45, 7) is 0. The Kier molecular flexibility index (Phi) is 3.93. The first-order valence-electron chi connectivity index (χ1n) is 7.09. The third kappa shape index (κ3) is 2.61. The molecule has 0 aliphatic carbocycles. The molecule has 5 nitrogen and oxygen atoms in total. The highest BCUT2D eigenvalue weighted by Gasteiger charge is 2.20. The Labute approximate surface area is 134 Å². The number of hydrogen-bond donors (Lipinski definition) is 0.